The third-order valence-electron chi connectivity index (χ3n) is 12.2. The lowest BCUT2D eigenvalue weighted by atomic mass is 9.77. The predicted molar refractivity (Wildman–Crippen MR) is 252 cm³/mol. The summed E-state index contributed by atoms with van der Waals surface area (Å²) < 4.78 is 2.67. The van der Waals surface area contributed by atoms with E-state index in [1.165, 1.54) is 101 Å². The maximum Gasteiger partial charge on any atom is 0.0462 e. The Morgan fingerprint density at radius 3 is 1.81 bits per heavy atom. The molecule has 1 aliphatic carbocycles. The summed E-state index contributed by atoms with van der Waals surface area (Å²) >= 11 is 1.87. The SMILES string of the molecule is C=C1CC(C)CC(CCc2ccc(N(c3ccc(-c4ccc5c(c4)sc4ccccc45)cc3)c3ccc(-c4cccc5cccc(-c6ccccc6)c45)cc3)cc2)C1. The lowest BCUT2D eigenvalue weighted by Gasteiger charge is -2.28. The van der Waals surface area contributed by atoms with Crippen LogP contribution >= 0.6 is 11.3 Å². The van der Waals surface area contributed by atoms with E-state index < -0.39 is 0 Å². The van der Waals surface area contributed by atoms with Gasteiger partial charge in [0.1, 0.15) is 0 Å². The number of rotatable bonds is 9. The van der Waals surface area contributed by atoms with Crippen molar-refractivity contribution < 1.29 is 0 Å². The zero-order valence-corrected chi connectivity index (χ0v) is 33.9. The van der Waals surface area contributed by atoms with Crippen LogP contribution in [0.3, 0.4) is 0 Å². The molecule has 0 amide bonds. The average molecular weight is 766 g/mol. The average Bonchev–Trinajstić information content (AvgIpc) is 3.64. The molecule has 1 nitrogen and oxygen atoms in total. The molecule has 9 aromatic rings. The highest BCUT2D eigenvalue weighted by Crippen LogP contribution is 2.42. The van der Waals surface area contributed by atoms with E-state index in [1.54, 1.807) is 0 Å². The molecule has 2 heteroatoms. The second kappa shape index (κ2) is 15.6. The van der Waals surface area contributed by atoms with Crippen molar-refractivity contribution >= 4 is 59.3 Å². The van der Waals surface area contributed by atoms with E-state index >= 15 is 0 Å². The molecule has 1 saturated carbocycles. The smallest absolute Gasteiger partial charge is 0.0462 e. The van der Waals surface area contributed by atoms with Gasteiger partial charge in [0, 0.05) is 37.2 Å². The molecule has 58 heavy (non-hydrogen) atoms. The highest BCUT2D eigenvalue weighted by atomic mass is 32.1. The lowest BCUT2D eigenvalue weighted by Crippen LogP contribution is -2.15. The summed E-state index contributed by atoms with van der Waals surface area (Å²) in [5.74, 6) is 1.50. The summed E-state index contributed by atoms with van der Waals surface area (Å²) in [5, 5.41) is 5.20. The highest BCUT2D eigenvalue weighted by molar-refractivity contribution is 7.25. The van der Waals surface area contributed by atoms with E-state index in [2.05, 4.69) is 200 Å². The van der Waals surface area contributed by atoms with Gasteiger partial charge in [-0.05, 0) is 142 Å². The molecule has 0 bridgehead atoms. The molecule has 1 aromatic heterocycles. The number of hydrogen-bond acceptors (Lipinski definition) is 2. The van der Waals surface area contributed by atoms with Crippen LogP contribution in [0, 0.1) is 11.8 Å². The number of nitrogens with zero attached hydrogens (tertiary/aromatic N) is 1. The standard InChI is InChI=1S/C56H47NS/c1-38-34-39(2)36-41(35-38)19-18-40-20-27-47(28-21-40)57(48-29-22-42(23-30-48)46-26-33-53-52-14-6-7-17-54(52)58-55(53)37-46)49-31-24-44(25-32-49)51-16-9-13-45-12-8-15-50(56(45)51)43-10-4-3-5-11-43/h3-17,20-33,37,39,41H,1,18-19,34-36H2,2H3. The summed E-state index contributed by atoms with van der Waals surface area (Å²) in [6, 6.07) is 67.3. The molecule has 282 valence electrons. The van der Waals surface area contributed by atoms with Gasteiger partial charge in [0.25, 0.3) is 0 Å². The lowest BCUT2D eigenvalue weighted by molar-refractivity contribution is 0.321. The van der Waals surface area contributed by atoms with E-state index in [4.69, 9.17) is 0 Å². The maximum atomic E-state index is 4.35. The zero-order chi connectivity index (χ0) is 39.0. The number of thiophene rings is 1. The Balaban J connectivity index is 0.991. The summed E-state index contributed by atoms with van der Waals surface area (Å²) in [7, 11) is 0. The van der Waals surface area contributed by atoms with Gasteiger partial charge in [0.15, 0.2) is 0 Å². The van der Waals surface area contributed by atoms with Crippen LogP contribution in [0.2, 0.25) is 0 Å². The Kier molecular flexibility index (Phi) is 9.73. The first-order chi connectivity index (χ1) is 28.5. The van der Waals surface area contributed by atoms with Gasteiger partial charge in [-0.25, -0.2) is 0 Å². The molecule has 0 N–H and O–H groups in total. The van der Waals surface area contributed by atoms with Gasteiger partial charge in [-0.3, -0.25) is 0 Å². The van der Waals surface area contributed by atoms with Gasteiger partial charge in [-0.1, -0.05) is 153 Å². The van der Waals surface area contributed by atoms with Crippen LogP contribution in [0.25, 0.3) is 64.3 Å². The van der Waals surface area contributed by atoms with Gasteiger partial charge in [-0.2, -0.15) is 0 Å². The van der Waals surface area contributed by atoms with Crippen molar-refractivity contribution in [2.45, 2.75) is 39.0 Å². The first-order valence-corrected chi connectivity index (χ1v) is 21.6. The number of anilines is 3. The molecule has 0 aliphatic heterocycles. The molecular weight excluding hydrogens is 719 g/mol. The molecule has 0 spiro atoms. The molecule has 2 atom stereocenters. The van der Waals surface area contributed by atoms with Gasteiger partial charge in [-0.15, -0.1) is 11.3 Å². The molecular formula is C56H47NS. The highest BCUT2D eigenvalue weighted by Gasteiger charge is 2.21. The minimum atomic E-state index is 0.745. The third kappa shape index (κ3) is 7.14. The van der Waals surface area contributed by atoms with Crippen LogP contribution in [0.5, 0.6) is 0 Å². The zero-order valence-electron chi connectivity index (χ0n) is 33.1. The summed E-state index contributed by atoms with van der Waals surface area (Å²) in [5.41, 5.74) is 13.7. The number of fused-ring (bicyclic) bond motifs is 4. The Hall–Kier alpha value is -6.22. The van der Waals surface area contributed by atoms with E-state index in [9.17, 15) is 0 Å². The molecule has 1 aliphatic rings. The van der Waals surface area contributed by atoms with Crippen molar-refractivity contribution in [1.82, 2.24) is 0 Å². The third-order valence-corrected chi connectivity index (χ3v) is 13.4. The Morgan fingerprint density at radius 2 is 1.12 bits per heavy atom. The number of hydrogen-bond donors (Lipinski definition) is 0. The van der Waals surface area contributed by atoms with Crippen LogP contribution in [0.15, 0.2) is 194 Å². The first kappa shape index (κ1) is 36.1. The molecule has 8 aromatic carbocycles. The van der Waals surface area contributed by atoms with Crippen LogP contribution < -0.4 is 4.90 Å². The number of aryl methyl sites for hydroxylation is 1. The molecule has 1 heterocycles. The normalized spacial score (nSPS) is 15.6. The molecule has 1 fully saturated rings. The predicted octanol–water partition coefficient (Wildman–Crippen LogP) is 16.6. The monoisotopic (exact) mass is 765 g/mol. The Labute approximate surface area is 346 Å². The molecule has 0 saturated heterocycles. The quantitative estimate of drug-likeness (QED) is 0.132. The van der Waals surface area contributed by atoms with E-state index in [0.29, 0.717) is 0 Å². The van der Waals surface area contributed by atoms with Crippen molar-refractivity contribution in [3.8, 4) is 33.4 Å². The summed E-state index contributed by atoms with van der Waals surface area (Å²) in [4.78, 5) is 2.40. The van der Waals surface area contributed by atoms with Crippen molar-refractivity contribution in [3.63, 3.8) is 0 Å². The van der Waals surface area contributed by atoms with Crippen LogP contribution in [0.1, 0.15) is 38.2 Å². The second-order valence-electron chi connectivity index (χ2n) is 16.4. The maximum absolute atomic E-state index is 4.35. The largest absolute Gasteiger partial charge is 0.311 e. The van der Waals surface area contributed by atoms with Crippen molar-refractivity contribution in [2.75, 3.05) is 4.90 Å². The van der Waals surface area contributed by atoms with Crippen LogP contribution in [-0.2, 0) is 6.42 Å². The topological polar surface area (TPSA) is 3.24 Å². The summed E-state index contributed by atoms with van der Waals surface area (Å²) in [6.45, 7) is 6.73. The van der Waals surface area contributed by atoms with Gasteiger partial charge in [0.05, 0.1) is 0 Å². The summed E-state index contributed by atoms with van der Waals surface area (Å²) in [6.07, 6.45) is 6.03. The fourth-order valence-corrected chi connectivity index (χ4v) is 10.7. The number of allylic oxidation sites excluding steroid dienone is 1. The van der Waals surface area contributed by atoms with Gasteiger partial charge >= 0.3 is 0 Å². The van der Waals surface area contributed by atoms with E-state index in [0.717, 1.165) is 35.3 Å². The molecule has 2 unspecified atom stereocenters. The van der Waals surface area contributed by atoms with Crippen molar-refractivity contribution in [3.05, 3.63) is 200 Å². The Bertz CT molecular complexity index is 2880. The Morgan fingerprint density at radius 1 is 0.534 bits per heavy atom. The van der Waals surface area contributed by atoms with Gasteiger partial charge in [0.2, 0.25) is 0 Å². The second-order valence-corrected chi connectivity index (χ2v) is 17.5. The fraction of sp³-hybridized carbons (Fsp3) is 0.143. The van der Waals surface area contributed by atoms with Crippen molar-refractivity contribution in [1.29, 1.82) is 0 Å². The van der Waals surface area contributed by atoms with Crippen LogP contribution in [-0.4, -0.2) is 0 Å². The van der Waals surface area contributed by atoms with Crippen LogP contribution in [0.4, 0.5) is 17.1 Å². The fourth-order valence-electron chi connectivity index (χ4n) is 9.51. The van der Waals surface area contributed by atoms with Gasteiger partial charge < -0.3 is 4.90 Å². The first-order valence-electron chi connectivity index (χ1n) is 20.8. The number of benzene rings is 8. The van der Waals surface area contributed by atoms with Crippen molar-refractivity contribution in [2.24, 2.45) is 11.8 Å². The molecule has 0 radical (unpaired) electrons. The van der Waals surface area contributed by atoms with E-state index in [-0.39, 0.29) is 0 Å². The molecule has 10 rings (SSSR count). The minimum absolute atomic E-state index is 0.745. The minimum Gasteiger partial charge on any atom is -0.311 e. The van der Waals surface area contributed by atoms with E-state index in [1.807, 2.05) is 11.3 Å².